The molecule has 1 saturated heterocycles. The third kappa shape index (κ3) is 3.14. The Morgan fingerprint density at radius 2 is 2.10 bits per heavy atom. The number of ether oxygens (including phenoxy) is 2. The Hall–Kier alpha value is -0.930. The van der Waals surface area contributed by atoms with Gasteiger partial charge in [-0.3, -0.25) is 0 Å². The fourth-order valence-corrected chi connectivity index (χ4v) is 4.13. The lowest BCUT2D eigenvalue weighted by Crippen LogP contribution is -2.45. The summed E-state index contributed by atoms with van der Waals surface area (Å²) in [7, 11) is -2.15. The Morgan fingerprint density at radius 1 is 1.38 bits per heavy atom. The number of hydrogen-bond acceptors (Lipinski definition) is 6. The maximum Gasteiger partial charge on any atom is 0.244 e. The van der Waals surface area contributed by atoms with E-state index in [9.17, 15) is 8.42 Å². The molecule has 2 heterocycles. The van der Waals surface area contributed by atoms with Crippen LogP contribution in [0.5, 0.6) is 0 Å². The number of sulfonamides is 1. The van der Waals surface area contributed by atoms with Crippen molar-refractivity contribution in [3.8, 4) is 0 Å². The number of hydrogen-bond donors (Lipinski definition) is 2. The van der Waals surface area contributed by atoms with Gasteiger partial charge in [-0.1, -0.05) is 0 Å². The average molecular weight is 318 g/mol. The van der Waals surface area contributed by atoms with Gasteiger partial charge in [-0.25, -0.2) is 13.1 Å². The van der Waals surface area contributed by atoms with Gasteiger partial charge in [0.15, 0.2) is 0 Å². The van der Waals surface area contributed by atoms with Gasteiger partial charge in [0, 0.05) is 38.8 Å². The highest BCUT2D eigenvalue weighted by Gasteiger charge is 2.37. The highest BCUT2D eigenvalue weighted by atomic mass is 32.2. The van der Waals surface area contributed by atoms with Crippen molar-refractivity contribution in [2.45, 2.75) is 37.3 Å². The standard InChI is InChI=1S/C13H22N2O5S/c1-9-11(6-14)12(10(2)20-9)21(16,17)15-7-13(18-3)4-5-19-8-13/h15H,4-8,14H2,1-3H3. The highest BCUT2D eigenvalue weighted by molar-refractivity contribution is 7.89. The molecule has 0 aliphatic carbocycles. The van der Waals surface area contributed by atoms with E-state index in [2.05, 4.69) is 4.72 Å². The lowest BCUT2D eigenvalue weighted by Gasteiger charge is -2.25. The highest BCUT2D eigenvalue weighted by Crippen LogP contribution is 2.27. The third-order valence-corrected chi connectivity index (χ3v) is 5.48. The molecule has 1 aliphatic rings. The van der Waals surface area contributed by atoms with Gasteiger partial charge in [0.25, 0.3) is 0 Å². The largest absolute Gasteiger partial charge is 0.465 e. The van der Waals surface area contributed by atoms with E-state index >= 15 is 0 Å². The summed E-state index contributed by atoms with van der Waals surface area (Å²) in [4.78, 5) is 0.132. The molecule has 1 fully saturated rings. The number of nitrogens with one attached hydrogen (secondary N) is 1. The van der Waals surface area contributed by atoms with Crippen molar-refractivity contribution in [2.75, 3.05) is 26.9 Å². The zero-order valence-electron chi connectivity index (χ0n) is 12.6. The zero-order chi connectivity index (χ0) is 15.7. The lowest BCUT2D eigenvalue weighted by atomic mass is 10.0. The van der Waals surface area contributed by atoms with E-state index in [4.69, 9.17) is 19.6 Å². The molecule has 7 nitrogen and oxygen atoms in total. The first-order chi connectivity index (χ1) is 9.85. The summed E-state index contributed by atoms with van der Waals surface area (Å²) in [6.07, 6.45) is 0.652. The van der Waals surface area contributed by atoms with Crippen molar-refractivity contribution >= 4 is 10.0 Å². The fraction of sp³-hybridized carbons (Fsp3) is 0.692. The smallest absolute Gasteiger partial charge is 0.244 e. The first-order valence-corrected chi connectivity index (χ1v) is 8.25. The predicted molar refractivity (Wildman–Crippen MR) is 76.4 cm³/mol. The molecule has 0 bridgehead atoms. The number of methoxy groups -OCH3 is 1. The molecule has 1 unspecified atom stereocenters. The molecule has 0 saturated carbocycles. The summed E-state index contributed by atoms with van der Waals surface area (Å²) >= 11 is 0. The van der Waals surface area contributed by atoms with Crippen LogP contribution in [0.15, 0.2) is 9.31 Å². The minimum Gasteiger partial charge on any atom is -0.465 e. The molecule has 0 amide bonds. The molecule has 3 N–H and O–H groups in total. The lowest BCUT2D eigenvalue weighted by molar-refractivity contribution is -0.0120. The van der Waals surface area contributed by atoms with E-state index in [1.807, 2.05) is 0 Å². The van der Waals surface area contributed by atoms with Crippen LogP contribution in [0.1, 0.15) is 23.5 Å². The molecule has 21 heavy (non-hydrogen) atoms. The second-order valence-corrected chi connectivity index (χ2v) is 6.94. The van der Waals surface area contributed by atoms with Gasteiger partial charge in [-0.2, -0.15) is 0 Å². The molecule has 1 atom stereocenters. The zero-order valence-corrected chi connectivity index (χ0v) is 13.4. The SMILES string of the molecule is COC1(CNS(=O)(=O)c2c(C)oc(C)c2CN)CCOC1. The number of nitrogens with two attached hydrogens (primary N) is 1. The number of aryl methyl sites for hydroxylation is 2. The van der Waals surface area contributed by atoms with Crippen molar-refractivity contribution in [1.29, 1.82) is 0 Å². The monoisotopic (exact) mass is 318 g/mol. The number of rotatable bonds is 6. The van der Waals surface area contributed by atoms with Crippen LogP contribution >= 0.6 is 0 Å². The van der Waals surface area contributed by atoms with Crippen molar-refractivity contribution in [2.24, 2.45) is 5.73 Å². The Balaban J connectivity index is 2.23. The third-order valence-electron chi connectivity index (χ3n) is 3.88. The normalized spacial score (nSPS) is 22.9. The summed E-state index contributed by atoms with van der Waals surface area (Å²) in [5.41, 5.74) is 5.54. The van der Waals surface area contributed by atoms with Crippen LogP contribution in [-0.4, -0.2) is 40.9 Å². The van der Waals surface area contributed by atoms with E-state index in [0.29, 0.717) is 36.7 Å². The Kier molecular flexibility index (Phi) is 4.74. The topological polar surface area (TPSA) is 104 Å². The van der Waals surface area contributed by atoms with Gasteiger partial charge in [-0.05, 0) is 13.8 Å². The Morgan fingerprint density at radius 3 is 2.62 bits per heavy atom. The van der Waals surface area contributed by atoms with Gasteiger partial charge in [-0.15, -0.1) is 0 Å². The van der Waals surface area contributed by atoms with Crippen LogP contribution in [0.4, 0.5) is 0 Å². The van der Waals surface area contributed by atoms with Gasteiger partial charge in [0.1, 0.15) is 22.0 Å². The van der Waals surface area contributed by atoms with E-state index in [-0.39, 0.29) is 18.0 Å². The van der Waals surface area contributed by atoms with Crippen LogP contribution in [0.25, 0.3) is 0 Å². The average Bonchev–Trinajstić information content (AvgIpc) is 3.01. The van der Waals surface area contributed by atoms with Crippen molar-refractivity contribution < 1.29 is 22.3 Å². The van der Waals surface area contributed by atoms with Gasteiger partial charge in [0.2, 0.25) is 10.0 Å². The summed E-state index contributed by atoms with van der Waals surface area (Å²) in [5.74, 6) is 0.871. The van der Waals surface area contributed by atoms with Crippen LogP contribution in [-0.2, 0) is 26.0 Å². The maximum absolute atomic E-state index is 12.5. The molecule has 8 heteroatoms. The van der Waals surface area contributed by atoms with Crippen molar-refractivity contribution in [1.82, 2.24) is 4.72 Å². The van der Waals surface area contributed by atoms with E-state index in [1.54, 1.807) is 21.0 Å². The second kappa shape index (κ2) is 6.05. The maximum atomic E-state index is 12.5. The molecule has 1 aromatic rings. The first-order valence-electron chi connectivity index (χ1n) is 6.77. The first kappa shape index (κ1) is 16.4. The van der Waals surface area contributed by atoms with Gasteiger partial charge in [0.05, 0.1) is 6.61 Å². The molecule has 120 valence electrons. The molecular formula is C13H22N2O5S. The van der Waals surface area contributed by atoms with Crippen LogP contribution < -0.4 is 10.5 Å². The fourth-order valence-electron chi connectivity index (χ4n) is 2.56. The minimum atomic E-state index is -3.71. The minimum absolute atomic E-state index is 0.109. The Bertz CT molecular complexity index is 602. The summed E-state index contributed by atoms with van der Waals surface area (Å²) < 4.78 is 43.8. The summed E-state index contributed by atoms with van der Waals surface area (Å²) in [6, 6.07) is 0. The van der Waals surface area contributed by atoms with E-state index in [1.165, 1.54) is 0 Å². The molecule has 1 aromatic heterocycles. The molecule has 0 radical (unpaired) electrons. The van der Waals surface area contributed by atoms with Crippen molar-refractivity contribution in [3.63, 3.8) is 0 Å². The summed E-state index contributed by atoms with van der Waals surface area (Å²) in [6.45, 7) is 4.52. The molecule has 2 rings (SSSR count). The van der Waals surface area contributed by atoms with Gasteiger partial charge >= 0.3 is 0 Å². The molecule has 1 aliphatic heterocycles. The summed E-state index contributed by atoms with van der Waals surface area (Å²) in [5, 5.41) is 0. The predicted octanol–water partition coefficient (Wildman–Crippen LogP) is 0.439. The van der Waals surface area contributed by atoms with Crippen LogP contribution in [0.2, 0.25) is 0 Å². The van der Waals surface area contributed by atoms with Crippen molar-refractivity contribution in [3.05, 3.63) is 17.1 Å². The molecular weight excluding hydrogens is 296 g/mol. The Labute approximate surface area is 124 Å². The quantitative estimate of drug-likeness (QED) is 0.789. The molecule has 0 spiro atoms. The van der Waals surface area contributed by atoms with Crippen LogP contribution in [0.3, 0.4) is 0 Å². The second-order valence-electron chi connectivity index (χ2n) is 5.24. The van der Waals surface area contributed by atoms with E-state index < -0.39 is 15.6 Å². The van der Waals surface area contributed by atoms with Gasteiger partial charge < -0.3 is 19.6 Å². The van der Waals surface area contributed by atoms with Crippen LogP contribution in [0, 0.1) is 13.8 Å². The van der Waals surface area contributed by atoms with E-state index in [0.717, 1.165) is 0 Å². The number of furan rings is 1. The molecule has 0 aromatic carbocycles.